The molecular weight excluding hydrogens is 235 g/mol. The number of rotatable bonds is 3. The van der Waals surface area contributed by atoms with Gasteiger partial charge in [-0.05, 0) is 44.7 Å². The Balaban J connectivity index is 2.42. The summed E-state index contributed by atoms with van der Waals surface area (Å²) in [5.74, 6) is -0.206. The molecule has 2 nitrogen and oxygen atoms in total. The van der Waals surface area contributed by atoms with Crippen LogP contribution >= 0.6 is 11.3 Å². The first-order valence-electron chi connectivity index (χ1n) is 5.48. The van der Waals surface area contributed by atoms with Crippen molar-refractivity contribution in [2.45, 2.75) is 20.4 Å². The minimum absolute atomic E-state index is 0.206. The van der Waals surface area contributed by atoms with Gasteiger partial charge in [0.2, 0.25) is 0 Å². The first-order valence-corrected chi connectivity index (χ1v) is 6.30. The Morgan fingerprint density at radius 2 is 2.06 bits per heavy atom. The van der Waals surface area contributed by atoms with E-state index in [-0.39, 0.29) is 5.82 Å². The maximum absolute atomic E-state index is 13.3. The van der Waals surface area contributed by atoms with Crippen LogP contribution in [0.4, 0.5) is 4.39 Å². The molecule has 0 aliphatic rings. The van der Waals surface area contributed by atoms with Crippen molar-refractivity contribution in [2.24, 2.45) is 0 Å². The average molecular weight is 250 g/mol. The molecule has 0 saturated heterocycles. The van der Waals surface area contributed by atoms with Crippen molar-refractivity contribution < 1.29 is 4.39 Å². The van der Waals surface area contributed by atoms with Crippen LogP contribution in [0, 0.1) is 19.7 Å². The maximum atomic E-state index is 13.3. The molecule has 90 valence electrons. The van der Waals surface area contributed by atoms with Gasteiger partial charge in [-0.25, -0.2) is 9.37 Å². The third-order valence-electron chi connectivity index (χ3n) is 2.52. The van der Waals surface area contributed by atoms with Crippen molar-refractivity contribution in [1.82, 2.24) is 10.3 Å². The molecule has 1 N–H and O–H groups in total. The Morgan fingerprint density at radius 3 is 2.71 bits per heavy atom. The molecule has 1 heterocycles. The molecule has 1 aromatic heterocycles. The molecule has 2 aromatic rings. The van der Waals surface area contributed by atoms with Crippen LogP contribution in [0.1, 0.15) is 16.1 Å². The van der Waals surface area contributed by atoms with Gasteiger partial charge in [-0.1, -0.05) is 0 Å². The van der Waals surface area contributed by atoms with Crippen LogP contribution < -0.4 is 5.32 Å². The first-order chi connectivity index (χ1) is 8.10. The van der Waals surface area contributed by atoms with Gasteiger partial charge in [0, 0.05) is 17.0 Å². The van der Waals surface area contributed by atoms with Gasteiger partial charge in [-0.3, -0.25) is 0 Å². The van der Waals surface area contributed by atoms with E-state index >= 15 is 0 Å². The number of aryl methyl sites for hydroxylation is 2. The van der Waals surface area contributed by atoms with Crippen molar-refractivity contribution in [3.05, 3.63) is 40.2 Å². The zero-order valence-electron chi connectivity index (χ0n) is 10.2. The van der Waals surface area contributed by atoms with E-state index in [1.54, 1.807) is 11.3 Å². The van der Waals surface area contributed by atoms with Gasteiger partial charge in [0.1, 0.15) is 10.8 Å². The van der Waals surface area contributed by atoms with E-state index in [2.05, 4.69) is 10.3 Å². The lowest BCUT2D eigenvalue weighted by Gasteiger charge is -1.99. The van der Waals surface area contributed by atoms with E-state index in [0.29, 0.717) is 0 Å². The standard InChI is InChI=1S/C13H15FN2S/c1-8-4-10(6-11(14)5-8)13-16-9(2)12(17-13)7-15-3/h4-6,15H,7H2,1-3H3. The summed E-state index contributed by atoms with van der Waals surface area (Å²) >= 11 is 1.61. The van der Waals surface area contributed by atoms with E-state index in [1.807, 2.05) is 27.0 Å². The number of thiazole rings is 1. The number of benzene rings is 1. The topological polar surface area (TPSA) is 24.9 Å². The predicted molar refractivity (Wildman–Crippen MR) is 69.7 cm³/mol. The highest BCUT2D eigenvalue weighted by molar-refractivity contribution is 7.15. The average Bonchev–Trinajstić information content (AvgIpc) is 2.60. The lowest BCUT2D eigenvalue weighted by Crippen LogP contribution is -2.04. The Kier molecular flexibility index (Phi) is 3.54. The Morgan fingerprint density at radius 1 is 1.29 bits per heavy atom. The van der Waals surface area contributed by atoms with E-state index in [9.17, 15) is 4.39 Å². The van der Waals surface area contributed by atoms with Gasteiger partial charge in [0.05, 0.1) is 5.69 Å². The summed E-state index contributed by atoms with van der Waals surface area (Å²) < 4.78 is 13.3. The van der Waals surface area contributed by atoms with Crippen molar-refractivity contribution in [2.75, 3.05) is 7.05 Å². The quantitative estimate of drug-likeness (QED) is 0.904. The van der Waals surface area contributed by atoms with Gasteiger partial charge < -0.3 is 5.32 Å². The van der Waals surface area contributed by atoms with Gasteiger partial charge in [-0.2, -0.15) is 0 Å². The zero-order valence-corrected chi connectivity index (χ0v) is 11.0. The molecule has 0 radical (unpaired) electrons. The number of nitrogens with zero attached hydrogens (tertiary/aromatic N) is 1. The third-order valence-corrected chi connectivity index (χ3v) is 3.73. The fraction of sp³-hybridized carbons (Fsp3) is 0.308. The first kappa shape index (κ1) is 12.2. The number of nitrogens with one attached hydrogen (secondary N) is 1. The summed E-state index contributed by atoms with van der Waals surface area (Å²) in [5.41, 5.74) is 2.79. The van der Waals surface area contributed by atoms with Crippen molar-refractivity contribution in [3.63, 3.8) is 0 Å². The normalized spacial score (nSPS) is 10.8. The Labute approximate surface area is 105 Å². The Bertz CT molecular complexity index is 514. The minimum Gasteiger partial charge on any atom is -0.315 e. The number of hydrogen-bond donors (Lipinski definition) is 1. The molecule has 0 aliphatic carbocycles. The zero-order chi connectivity index (χ0) is 12.4. The fourth-order valence-electron chi connectivity index (χ4n) is 1.74. The van der Waals surface area contributed by atoms with Gasteiger partial charge in [0.15, 0.2) is 0 Å². The summed E-state index contributed by atoms with van der Waals surface area (Å²) in [7, 11) is 1.91. The van der Waals surface area contributed by atoms with Crippen molar-refractivity contribution >= 4 is 11.3 Å². The molecule has 0 fully saturated rings. The molecule has 0 aliphatic heterocycles. The van der Waals surface area contributed by atoms with Crippen LogP contribution in [-0.4, -0.2) is 12.0 Å². The van der Waals surface area contributed by atoms with Crippen LogP contribution in [0.5, 0.6) is 0 Å². The molecule has 0 spiro atoms. The minimum atomic E-state index is -0.206. The van der Waals surface area contributed by atoms with Crippen LogP contribution in [0.25, 0.3) is 10.6 Å². The van der Waals surface area contributed by atoms with Gasteiger partial charge in [0.25, 0.3) is 0 Å². The molecule has 17 heavy (non-hydrogen) atoms. The molecule has 2 rings (SSSR count). The van der Waals surface area contributed by atoms with Gasteiger partial charge >= 0.3 is 0 Å². The van der Waals surface area contributed by atoms with Crippen LogP contribution in [0.15, 0.2) is 18.2 Å². The highest BCUT2D eigenvalue weighted by Gasteiger charge is 2.09. The molecular formula is C13H15FN2S. The van der Waals surface area contributed by atoms with Crippen molar-refractivity contribution in [1.29, 1.82) is 0 Å². The van der Waals surface area contributed by atoms with Crippen LogP contribution in [0.3, 0.4) is 0 Å². The number of aromatic nitrogens is 1. The van der Waals surface area contributed by atoms with Crippen molar-refractivity contribution in [3.8, 4) is 10.6 Å². The Hall–Kier alpha value is -1.26. The number of halogens is 1. The largest absolute Gasteiger partial charge is 0.315 e. The molecule has 0 amide bonds. The summed E-state index contributed by atoms with van der Waals surface area (Å²) in [4.78, 5) is 5.69. The highest BCUT2D eigenvalue weighted by atomic mass is 32.1. The predicted octanol–water partition coefficient (Wildman–Crippen LogP) is 3.29. The van der Waals surface area contributed by atoms with E-state index in [0.717, 1.165) is 28.4 Å². The van der Waals surface area contributed by atoms with E-state index in [1.165, 1.54) is 17.0 Å². The second kappa shape index (κ2) is 4.94. The lowest BCUT2D eigenvalue weighted by molar-refractivity contribution is 0.627. The summed E-state index contributed by atoms with van der Waals surface area (Å²) in [5, 5.41) is 3.99. The molecule has 0 saturated carbocycles. The molecule has 0 bridgehead atoms. The number of hydrogen-bond acceptors (Lipinski definition) is 3. The molecule has 1 aromatic carbocycles. The third kappa shape index (κ3) is 2.70. The summed E-state index contributed by atoms with van der Waals surface area (Å²) in [6.45, 7) is 4.68. The van der Waals surface area contributed by atoms with E-state index in [4.69, 9.17) is 0 Å². The van der Waals surface area contributed by atoms with Gasteiger partial charge in [-0.15, -0.1) is 11.3 Å². The molecule has 0 unspecified atom stereocenters. The van der Waals surface area contributed by atoms with Crippen LogP contribution in [-0.2, 0) is 6.54 Å². The highest BCUT2D eigenvalue weighted by Crippen LogP contribution is 2.29. The maximum Gasteiger partial charge on any atom is 0.124 e. The fourth-order valence-corrected chi connectivity index (χ4v) is 2.80. The summed E-state index contributed by atoms with van der Waals surface area (Å²) in [6, 6.07) is 5.03. The molecule has 4 heteroatoms. The second-order valence-corrected chi connectivity index (χ2v) is 5.16. The smallest absolute Gasteiger partial charge is 0.124 e. The second-order valence-electron chi connectivity index (χ2n) is 4.08. The van der Waals surface area contributed by atoms with E-state index < -0.39 is 0 Å². The monoisotopic (exact) mass is 250 g/mol. The van der Waals surface area contributed by atoms with Crippen LogP contribution in [0.2, 0.25) is 0 Å². The molecule has 0 atom stereocenters. The SMILES string of the molecule is CNCc1sc(-c2cc(C)cc(F)c2)nc1C. The summed E-state index contributed by atoms with van der Waals surface area (Å²) in [6.07, 6.45) is 0. The lowest BCUT2D eigenvalue weighted by atomic mass is 10.1.